The number of nitriles is 1. The first-order valence-corrected chi connectivity index (χ1v) is 6.84. The minimum absolute atomic E-state index is 0.0219. The van der Waals surface area contributed by atoms with Gasteiger partial charge in [-0.1, -0.05) is 13.3 Å². The molecule has 0 aliphatic heterocycles. The highest BCUT2D eigenvalue weighted by Crippen LogP contribution is 2.18. The van der Waals surface area contributed by atoms with E-state index >= 15 is 0 Å². The van der Waals surface area contributed by atoms with Gasteiger partial charge in [0.2, 0.25) is 0 Å². The topological polar surface area (TPSA) is 90.8 Å². The molecule has 0 spiro atoms. The number of aromatic nitrogens is 1. The molecule has 0 fully saturated rings. The van der Waals surface area contributed by atoms with Crippen molar-refractivity contribution in [3.63, 3.8) is 0 Å². The molecule has 0 bridgehead atoms. The number of hydrogen-bond donors (Lipinski definition) is 1. The van der Waals surface area contributed by atoms with Gasteiger partial charge in [0.25, 0.3) is 5.56 Å². The lowest BCUT2D eigenvalue weighted by Gasteiger charge is -1.98. The van der Waals surface area contributed by atoms with Gasteiger partial charge < -0.3 is 0 Å². The number of H-pyrrole nitrogens is 1. The second-order valence-corrected chi connectivity index (χ2v) is 6.10. The normalized spacial score (nSPS) is 11.2. The zero-order valence-electron chi connectivity index (χ0n) is 8.11. The molecular formula is C8H10N2O3S2. The lowest BCUT2D eigenvalue weighted by Crippen LogP contribution is -2.09. The van der Waals surface area contributed by atoms with Crippen molar-refractivity contribution in [3.05, 3.63) is 15.9 Å². The molecule has 0 saturated carbocycles. The molecule has 0 atom stereocenters. The van der Waals surface area contributed by atoms with Crippen molar-refractivity contribution in [2.75, 3.05) is 5.75 Å². The number of aromatic amines is 1. The van der Waals surface area contributed by atoms with Crippen molar-refractivity contribution in [3.8, 4) is 6.07 Å². The van der Waals surface area contributed by atoms with Gasteiger partial charge in [0.1, 0.15) is 11.6 Å². The molecule has 1 rings (SSSR count). The number of hydrogen-bond acceptors (Lipinski definition) is 5. The minimum atomic E-state index is -3.48. The van der Waals surface area contributed by atoms with E-state index in [4.69, 9.17) is 5.26 Å². The van der Waals surface area contributed by atoms with Crippen LogP contribution in [0, 0.1) is 11.3 Å². The van der Waals surface area contributed by atoms with Gasteiger partial charge in [-0.15, -0.1) is 0 Å². The van der Waals surface area contributed by atoms with E-state index in [1.165, 1.54) is 0 Å². The summed E-state index contributed by atoms with van der Waals surface area (Å²) in [5, 5.41) is 8.65. The second-order valence-electron chi connectivity index (χ2n) is 2.98. The van der Waals surface area contributed by atoms with E-state index in [0.29, 0.717) is 18.0 Å². The first-order valence-electron chi connectivity index (χ1n) is 4.37. The van der Waals surface area contributed by atoms with Gasteiger partial charge in [-0.25, -0.2) is 8.42 Å². The molecule has 1 aromatic heterocycles. The minimum Gasteiger partial charge on any atom is -0.275 e. The summed E-state index contributed by atoms with van der Waals surface area (Å²) in [6, 6.07) is 1.61. The number of unbranched alkanes of at least 4 members (excludes halogenated alkanes) is 1. The smallest absolute Gasteiger partial charge is 0.275 e. The third kappa shape index (κ3) is 2.46. The number of rotatable bonds is 4. The molecule has 0 radical (unpaired) electrons. The van der Waals surface area contributed by atoms with E-state index in [1.807, 2.05) is 6.92 Å². The number of nitrogens with zero attached hydrogens (tertiary/aromatic N) is 1. The molecule has 7 heteroatoms. The van der Waals surface area contributed by atoms with E-state index in [1.54, 1.807) is 6.07 Å². The maximum atomic E-state index is 11.7. The summed E-state index contributed by atoms with van der Waals surface area (Å²) in [5.41, 5.74) is -0.923. The van der Waals surface area contributed by atoms with Crippen LogP contribution in [0.25, 0.3) is 0 Å². The van der Waals surface area contributed by atoms with Crippen molar-refractivity contribution in [1.82, 2.24) is 4.37 Å². The molecular weight excluding hydrogens is 236 g/mol. The lowest BCUT2D eigenvalue weighted by molar-refractivity contribution is 0.594. The Morgan fingerprint density at radius 2 is 2.20 bits per heavy atom. The summed E-state index contributed by atoms with van der Waals surface area (Å²) in [6.07, 6.45) is 1.28. The maximum absolute atomic E-state index is 11.7. The summed E-state index contributed by atoms with van der Waals surface area (Å²) in [6.45, 7) is 1.88. The van der Waals surface area contributed by atoms with Crippen molar-refractivity contribution < 1.29 is 8.42 Å². The fraction of sp³-hybridized carbons (Fsp3) is 0.500. The monoisotopic (exact) mass is 246 g/mol. The van der Waals surface area contributed by atoms with Crippen LogP contribution in [0.1, 0.15) is 25.3 Å². The summed E-state index contributed by atoms with van der Waals surface area (Å²) >= 11 is 0.710. The van der Waals surface area contributed by atoms with Crippen LogP contribution in [0.4, 0.5) is 0 Å². The highest BCUT2D eigenvalue weighted by atomic mass is 32.2. The van der Waals surface area contributed by atoms with Crippen LogP contribution in [0.5, 0.6) is 0 Å². The molecule has 0 unspecified atom stereocenters. The Morgan fingerprint density at radius 1 is 1.53 bits per heavy atom. The van der Waals surface area contributed by atoms with Gasteiger partial charge in [0.15, 0.2) is 14.0 Å². The Hall–Kier alpha value is -1.13. The molecule has 5 nitrogen and oxygen atoms in total. The van der Waals surface area contributed by atoms with Gasteiger partial charge >= 0.3 is 0 Å². The van der Waals surface area contributed by atoms with Crippen LogP contribution in [0.2, 0.25) is 0 Å². The van der Waals surface area contributed by atoms with Gasteiger partial charge in [0.05, 0.1) is 5.75 Å². The van der Waals surface area contributed by atoms with Gasteiger partial charge in [-0.2, -0.15) is 5.26 Å². The summed E-state index contributed by atoms with van der Waals surface area (Å²) in [4.78, 5) is 11.1. The van der Waals surface area contributed by atoms with Crippen LogP contribution < -0.4 is 5.56 Å². The first-order chi connectivity index (χ1) is 7.03. The largest absolute Gasteiger partial charge is 0.277 e. The predicted molar refractivity (Wildman–Crippen MR) is 56.6 cm³/mol. The highest BCUT2D eigenvalue weighted by molar-refractivity contribution is 7.93. The fourth-order valence-corrected chi connectivity index (χ4v) is 3.74. The van der Waals surface area contributed by atoms with E-state index in [-0.39, 0.29) is 15.5 Å². The van der Waals surface area contributed by atoms with Crippen LogP contribution in [-0.4, -0.2) is 18.5 Å². The third-order valence-corrected chi connectivity index (χ3v) is 5.11. The van der Waals surface area contributed by atoms with Crippen LogP contribution in [0.15, 0.2) is 9.00 Å². The molecule has 0 aromatic carbocycles. The van der Waals surface area contributed by atoms with Crippen molar-refractivity contribution in [2.24, 2.45) is 0 Å². The summed E-state index contributed by atoms with van der Waals surface area (Å²) in [5.74, 6) is -0.0219. The quantitative estimate of drug-likeness (QED) is 0.853. The molecule has 1 N–H and O–H groups in total. The van der Waals surface area contributed by atoms with Gasteiger partial charge in [-0.3, -0.25) is 9.17 Å². The second kappa shape index (κ2) is 4.59. The lowest BCUT2D eigenvalue weighted by atomic mass is 10.4. The van der Waals surface area contributed by atoms with Crippen molar-refractivity contribution in [2.45, 2.75) is 24.0 Å². The zero-order chi connectivity index (χ0) is 11.5. The van der Waals surface area contributed by atoms with Gasteiger partial charge in [0, 0.05) is 0 Å². The Morgan fingerprint density at radius 3 is 2.73 bits per heavy atom. The van der Waals surface area contributed by atoms with E-state index < -0.39 is 15.4 Å². The Kier molecular flexibility index (Phi) is 3.66. The van der Waals surface area contributed by atoms with Crippen LogP contribution in [0.3, 0.4) is 0 Å². The number of nitrogens with one attached hydrogen (secondary N) is 1. The molecule has 0 aliphatic rings. The van der Waals surface area contributed by atoms with Crippen molar-refractivity contribution >= 4 is 21.4 Å². The predicted octanol–water partition coefficient (Wildman–Crippen LogP) is 0.882. The third-order valence-electron chi connectivity index (χ3n) is 1.83. The van der Waals surface area contributed by atoms with E-state index in [9.17, 15) is 13.2 Å². The Bertz CT molecular complexity index is 533. The SMILES string of the molecule is CCCCS(=O)(=O)c1s[nH]c(=O)c1C#N. The van der Waals surface area contributed by atoms with Crippen LogP contribution >= 0.6 is 11.5 Å². The molecule has 0 saturated heterocycles. The molecule has 0 amide bonds. The Balaban J connectivity index is 3.17. The molecule has 82 valence electrons. The van der Waals surface area contributed by atoms with Gasteiger partial charge in [-0.05, 0) is 18.0 Å². The molecule has 1 aromatic rings. The maximum Gasteiger partial charge on any atom is 0.277 e. The molecule has 1 heterocycles. The summed E-state index contributed by atoms with van der Waals surface area (Å²) in [7, 11) is -3.48. The van der Waals surface area contributed by atoms with E-state index in [2.05, 4.69) is 4.37 Å². The van der Waals surface area contributed by atoms with Crippen molar-refractivity contribution in [1.29, 1.82) is 5.26 Å². The molecule has 15 heavy (non-hydrogen) atoms. The van der Waals surface area contributed by atoms with E-state index in [0.717, 1.165) is 6.42 Å². The summed E-state index contributed by atoms with van der Waals surface area (Å²) < 4.78 is 25.5. The fourth-order valence-electron chi connectivity index (χ4n) is 1.03. The average molecular weight is 246 g/mol. The zero-order valence-corrected chi connectivity index (χ0v) is 9.74. The standard InChI is InChI=1S/C8H10N2O3S2/c1-2-3-4-15(12,13)8-6(5-9)7(11)10-14-8/h2-4H2,1H3,(H,10,11). The average Bonchev–Trinajstić information content (AvgIpc) is 2.57. The highest BCUT2D eigenvalue weighted by Gasteiger charge is 2.23. The first kappa shape index (κ1) is 11.9. The number of sulfone groups is 1. The molecule has 0 aliphatic carbocycles. The van der Waals surface area contributed by atoms with Crippen LogP contribution in [-0.2, 0) is 9.84 Å². The Labute approximate surface area is 91.4 Å².